The number of hydrogen-bond acceptors (Lipinski definition) is 5. The second-order valence-corrected chi connectivity index (χ2v) is 9.56. The van der Waals surface area contributed by atoms with Gasteiger partial charge in [0.05, 0.1) is 16.1 Å². The van der Waals surface area contributed by atoms with Crippen LogP contribution in [0.25, 0.3) is 16.6 Å². The zero-order valence-corrected chi connectivity index (χ0v) is 19.8. The van der Waals surface area contributed by atoms with E-state index in [2.05, 4.69) is 4.98 Å². The molecule has 1 fully saturated rings. The lowest BCUT2D eigenvalue weighted by atomic mass is 9.78. The molecule has 186 valence electrons. The molecule has 4 N–H and O–H groups in total. The van der Waals surface area contributed by atoms with Crippen molar-refractivity contribution < 1.29 is 23.9 Å². The highest BCUT2D eigenvalue weighted by molar-refractivity contribution is 6.31. The molecule has 4 atom stereocenters. The molecule has 5 rings (SSSR count). The predicted molar refractivity (Wildman–Crippen MR) is 131 cm³/mol. The number of aromatic amines is 1. The van der Waals surface area contributed by atoms with E-state index in [0.29, 0.717) is 28.5 Å². The van der Waals surface area contributed by atoms with Crippen molar-refractivity contribution in [3.63, 3.8) is 0 Å². The van der Waals surface area contributed by atoms with E-state index in [4.69, 9.17) is 17.3 Å². The molecule has 11 heteroatoms. The van der Waals surface area contributed by atoms with E-state index < -0.39 is 41.6 Å². The summed E-state index contributed by atoms with van der Waals surface area (Å²) >= 11 is 5.96. The van der Waals surface area contributed by atoms with Crippen LogP contribution < -0.4 is 11.4 Å². The average Bonchev–Trinajstić information content (AvgIpc) is 3.31. The van der Waals surface area contributed by atoms with Gasteiger partial charge in [0.15, 0.2) is 5.82 Å². The monoisotopic (exact) mass is 512 g/mol. The number of aliphatic carboxylic acids is 1. The Morgan fingerprint density at radius 2 is 2.06 bits per heavy atom. The summed E-state index contributed by atoms with van der Waals surface area (Å²) in [5.74, 6) is -3.92. The van der Waals surface area contributed by atoms with Crippen molar-refractivity contribution >= 4 is 52.1 Å². The highest BCUT2D eigenvalue weighted by Crippen LogP contribution is 2.49. The van der Waals surface area contributed by atoms with E-state index in [-0.39, 0.29) is 34.8 Å². The summed E-state index contributed by atoms with van der Waals surface area (Å²) < 4.78 is 16.3. The van der Waals surface area contributed by atoms with Crippen LogP contribution in [0.5, 0.6) is 0 Å². The molecule has 3 aromatic rings. The number of fused-ring (bicyclic) bond motifs is 2. The standard InChI is InChI=1S/C25H22ClFN4O5/c1-30-18-8-11(2-5-16(18)29-25(30)36)20-13(6-7-32)17-9-12(10-19(33)31(17)23(20)24(34)35)21-15(28)4-3-14(26)22(21)27/h2-5,7-8,10,13,17,20,23H,6,9,28H2,1H3,(H,29,36)(H,34,35)/t13?,17?,20?,23-/m0/s1. The van der Waals surface area contributed by atoms with Crippen molar-refractivity contribution in [2.75, 3.05) is 5.73 Å². The van der Waals surface area contributed by atoms with E-state index in [9.17, 15) is 28.7 Å². The molecule has 0 bridgehead atoms. The third kappa shape index (κ3) is 3.51. The lowest BCUT2D eigenvalue weighted by Crippen LogP contribution is -2.47. The number of carboxylic acid groups (broad SMARTS) is 1. The first-order valence-corrected chi connectivity index (χ1v) is 11.6. The van der Waals surface area contributed by atoms with Crippen LogP contribution in [-0.4, -0.2) is 49.8 Å². The Morgan fingerprint density at radius 1 is 1.31 bits per heavy atom. The maximum absolute atomic E-state index is 14.9. The Balaban J connectivity index is 1.65. The number of H-pyrrole nitrogens is 1. The minimum absolute atomic E-state index is 0.000537. The second kappa shape index (κ2) is 8.63. The zero-order chi connectivity index (χ0) is 25.9. The SMILES string of the molecule is Cn1c(=O)[nH]c2ccc(C3C(CC=O)C4CC(c5c(N)ccc(Cl)c5F)=CC(=O)N4[C@@H]3C(=O)O)cc21. The summed E-state index contributed by atoms with van der Waals surface area (Å²) in [6, 6.07) is 5.87. The Hall–Kier alpha value is -3.92. The quantitative estimate of drug-likeness (QED) is 0.355. The molecule has 2 aliphatic heterocycles. The minimum atomic E-state index is -1.26. The molecular weight excluding hydrogens is 491 g/mol. The molecule has 3 heterocycles. The first-order valence-electron chi connectivity index (χ1n) is 11.3. The van der Waals surface area contributed by atoms with E-state index in [1.165, 1.54) is 27.7 Å². The molecule has 2 aromatic carbocycles. The van der Waals surface area contributed by atoms with Gasteiger partial charge in [-0.2, -0.15) is 0 Å². The van der Waals surface area contributed by atoms with Crippen LogP contribution in [-0.2, 0) is 21.4 Å². The number of anilines is 1. The number of hydrogen-bond donors (Lipinski definition) is 3. The third-order valence-corrected chi connectivity index (χ3v) is 7.61. The van der Waals surface area contributed by atoms with Crippen molar-refractivity contribution in [3.05, 3.63) is 68.9 Å². The van der Waals surface area contributed by atoms with Gasteiger partial charge in [0.2, 0.25) is 5.91 Å². The summed E-state index contributed by atoms with van der Waals surface area (Å²) in [5, 5.41) is 10.1. The van der Waals surface area contributed by atoms with Crippen LogP contribution in [0.2, 0.25) is 5.02 Å². The molecule has 1 aromatic heterocycles. The molecule has 9 nitrogen and oxygen atoms in total. The highest BCUT2D eigenvalue weighted by atomic mass is 35.5. The molecule has 1 amide bonds. The van der Waals surface area contributed by atoms with Crippen LogP contribution >= 0.6 is 11.6 Å². The third-order valence-electron chi connectivity index (χ3n) is 7.32. The van der Waals surface area contributed by atoms with Crippen LogP contribution in [0, 0.1) is 11.7 Å². The smallest absolute Gasteiger partial charge is 0.327 e. The van der Waals surface area contributed by atoms with Crippen LogP contribution in [0.3, 0.4) is 0 Å². The molecule has 2 aliphatic rings. The summed E-state index contributed by atoms with van der Waals surface area (Å²) in [4.78, 5) is 53.6. The Morgan fingerprint density at radius 3 is 2.75 bits per heavy atom. The van der Waals surface area contributed by atoms with Crippen molar-refractivity contribution in [2.24, 2.45) is 13.0 Å². The molecule has 0 saturated carbocycles. The number of halogens is 2. The number of amides is 1. The number of aryl methyl sites for hydroxylation is 1. The summed E-state index contributed by atoms with van der Waals surface area (Å²) in [6.07, 6.45) is 1.96. The Bertz CT molecular complexity index is 1530. The number of carbonyl (C=O) groups is 3. The lowest BCUT2D eigenvalue weighted by molar-refractivity contribution is -0.148. The van der Waals surface area contributed by atoms with Gasteiger partial charge in [-0.15, -0.1) is 0 Å². The number of nitrogens with one attached hydrogen (secondary N) is 1. The number of carboxylic acids is 1. The first kappa shape index (κ1) is 23.8. The Kier molecular flexibility index (Phi) is 5.71. The maximum Gasteiger partial charge on any atom is 0.327 e. The molecule has 36 heavy (non-hydrogen) atoms. The van der Waals surface area contributed by atoms with Gasteiger partial charge in [0.25, 0.3) is 0 Å². The number of imidazole rings is 1. The summed E-state index contributed by atoms with van der Waals surface area (Å²) in [7, 11) is 1.59. The number of nitrogens with two attached hydrogens (primary N) is 1. The van der Waals surface area contributed by atoms with Gasteiger partial charge in [-0.1, -0.05) is 17.7 Å². The first-order chi connectivity index (χ1) is 17.1. The Labute approximate surface area is 208 Å². The molecule has 0 aliphatic carbocycles. The van der Waals surface area contributed by atoms with Crippen LogP contribution in [0.1, 0.15) is 29.9 Å². The topological polar surface area (TPSA) is 138 Å². The summed E-state index contributed by atoms with van der Waals surface area (Å²) in [5.41, 5.74) is 7.80. The van der Waals surface area contributed by atoms with Crippen molar-refractivity contribution in [1.82, 2.24) is 14.5 Å². The number of nitrogen functional groups attached to an aromatic ring is 1. The fraction of sp³-hybridized carbons (Fsp3) is 0.280. The van der Waals surface area contributed by atoms with E-state index in [0.717, 1.165) is 0 Å². The van der Waals surface area contributed by atoms with Crippen LogP contribution in [0.15, 0.2) is 41.2 Å². The van der Waals surface area contributed by atoms with Gasteiger partial charge in [-0.25, -0.2) is 14.0 Å². The number of rotatable bonds is 5. The maximum atomic E-state index is 14.9. The molecular formula is C25H22ClFN4O5. The molecule has 1 saturated heterocycles. The zero-order valence-electron chi connectivity index (χ0n) is 19.1. The fourth-order valence-electron chi connectivity index (χ4n) is 5.75. The number of aromatic nitrogens is 2. The van der Waals surface area contributed by atoms with Gasteiger partial charge < -0.3 is 25.5 Å². The number of benzene rings is 2. The lowest BCUT2D eigenvalue weighted by Gasteiger charge is -2.34. The van der Waals surface area contributed by atoms with E-state index in [1.807, 2.05) is 0 Å². The van der Waals surface area contributed by atoms with Gasteiger partial charge in [-0.3, -0.25) is 9.36 Å². The second-order valence-electron chi connectivity index (χ2n) is 9.15. The van der Waals surface area contributed by atoms with Crippen molar-refractivity contribution in [3.8, 4) is 0 Å². The number of nitrogens with zero attached hydrogens (tertiary/aromatic N) is 2. The minimum Gasteiger partial charge on any atom is -0.480 e. The summed E-state index contributed by atoms with van der Waals surface area (Å²) in [6.45, 7) is 0. The number of aldehydes is 1. The van der Waals surface area contributed by atoms with Crippen LogP contribution in [0.4, 0.5) is 10.1 Å². The van der Waals surface area contributed by atoms with Gasteiger partial charge in [-0.05, 0) is 47.7 Å². The predicted octanol–water partition coefficient (Wildman–Crippen LogP) is 2.68. The van der Waals surface area contributed by atoms with Gasteiger partial charge >= 0.3 is 11.7 Å². The average molecular weight is 513 g/mol. The van der Waals surface area contributed by atoms with Gasteiger partial charge in [0, 0.05) is 42.8 Å². The van der Waals surface area contributed by atoms with E-state index in [1.54, 1.807) is 25.2 Å². The molecule has 0 radical (unpaired) electrons. The van der Waals surface area contributed by atoms with Crippen molar-refractivity contribution in [2.45, 2.75) is 30.8 Å². The highest BCUT2D eigenvalue weighted by Gasteiger charge is 2.55. The number of carbonyl (C=O) groups excluding carboxylic acids is 2. The van der Waals surface area contributed by atoms with Crippen molar-refractivity contribution in [1.29, 1.82) is 0 Å². The normalized spacial score (nSPS) is 23.6. The van der Waals surface area contributed by atoms with E-state index >= 15 is 0 Å². The molecule has 3 unspecified atom stereocenters. The fourth-order valence-corrected chi connectivity index (χ4v) is 5.91. The largest absolute Gasteiger partial charge is 0.480 e. The molecule has 0 spiro atoms. The van der Waals surface area contributed by atoms with Gasteiger partial charge in [0.1, 0.15) is 12.3 Å².